The van der Waals surface area contributed by atoms with Crippen LogP contribution in [-0.4, -0.2) is 47.8 Å². The molecule has 0 spiro atoms. The molecule has 0 saturated carbocycles. The molecule has 0 bridgehead atoms. The number of aliphatic hydroxyl groups is 1. The average Bonchev–Trinajstić information content (AvgIpc) is 2.79. The van der Waals surface area contributed by atoms with Gasteiger partial charge < -0.3 is 20.7 Å². The van der Waals surface area contributed by atoms with E-state index in [1.807, 2.05) is 0 Å². The Morgan fingerprint density at radius 1 is 1.30 bits per heavy atom. The van der Waals surface area contributed by atoms with Crippen LogP contribution in [0.2, 0.25) is 0 Å². The van der Waals surface area contributed by atoms with Crippen molar-refractivity contribution in [2.24, 2.45) is 5.73 Å². The molecular formula is C16H25N3O. The van der Waals surface area contributed by atoms with E-state index in [-0.39, 0.29) is 6.10 Å². The van der Waals surface area contributed by atoms with Gasteiger partial charge in [-0.15, -0.1) is 0 Å². The second-order valence-electron chi connectivity index (χ2n) is 5.51. The van der Waals surface area contributed by atoms with Crippen LogP contribution < -0.4 is 5.73 Å². The number of benzene rings is 1. The molecule has 4 heteroatoms. The number of aromatic nitrogens is 1. The van der Waals surface area contributed by atoms with Crippen LogP contribution in [0, 0.1) is 6.92 Å². The first kappa shape index (κ1) is 15.0. The van der Waals surface area contributed by atoms with Crippen molar-refractivity contribution in [2.75, 3.05) is 26.7 Å². The number of rotatable bonds is 7. The summed E-state index contributed by atoms with van der Waals surface area (Å²) in [5.74, 6) is 0. The molecule has 0 aliphatic heterocycles. The van der Waals surface area contributed by atoms with Crippen LogP contribution in [0.25, 0.3) is 10.9 Å². The molecular weight excluding hydrogens is 250 g/mol. The molecule has 4 N–H and O–H groups in total. The Bertz CT molecular complexity index is 550. The van der Waals surface area contributed by atoms with Crippen molar-refractivity contribution in [3.05, 3.63) is 35.5 Å². The Morgan fingerprint density at radius 2 is 2.05 bits per heavy atom. The molecule has 1 heterocycles. The van der Waals surface area contributed by atoms with E-state index >= 15 is 0 Å². The molecule has 0 aliphatic carbocycles. The number of nitrogens with zero attached hydrogens (tertiary/aromatic N) is 1. The second kappa shape index (κ2) is 6.88. The van der Waals surface area contributed by atoms with Crippen molar-refractivity contribution in [1.29, 1.82) is 0 Å². The predicted octanol–water partition coefficient (Wildman–Crippen LogP) is 1.66. The Labute approximate surface area is 120 Å². The molecule has 110 valence electrons. The minimum absolute atomic E-state index is 0.342. The largest absolute Gasteiger partial charge is 0.392 e. The molecule has 1 aromatic heterocycles. The summed E-state index contributed by atoms with van der Waals surface area (Å²) in [4.78, 5) is 5.74. The first-order valence-electron chi connectivity index (χ1n) is 7.24. The number of aliphatic hydroxyl groups excluding tert-OH is 1. The van der Waals surface area contributed by atoms with Crippen LogP contribution in [-0.2, 0) is 6.42 Å². The maximum absolute atomic E-state index is 9.47. The van der Waals surface area contributed by atoms with Crippen molar-refractivity contribution in [2.45, 2.75) is 25.9 Å². The highest BCUT2D eigenvalue weighted by Gasteiger charge is 2.09. The zero-order valence-electron chi connectivity index (χ0n) is 12.4. The number of likely N-dealkylation sites (N-methyl/N-ethyl adjacent to an activating group) is 1. The van der Waals surface area contributed by atoms with Crippen molar-refractivity contribution < 1.29 is 5.11 Å². The first-order valence-corrected chi connectivity index (χ1v) is 7.24. The molecule has 0 saturated heterocycles. The summed E-state index contributed by atoms with van der Waals surface area (Å²) >= 11 is 0. The lowest BCUT2D eigenvalue weighted by Gasteiger charge is -2.18. The maximum Gasteiger partial charge on any atom is 0.0674 e. The summed E-state index contributed by atoms with van der Waals surface area (Å²) in [6.07, 6.45) is 1.35. The van der Waals surface area contributed by atoms with Crippen molar-refractivity contribution in [3.63, 3.8) is 0 Å². The number of aromatic amines is 1. The van der Waals surface area contributed by atoms with Gasteiger partial charge in [0.15, 0.2) is 0 Å². The normalized spacial score (nSPS) is 13.2. The van der Waals surface area contributed by atoms with Gasteiger partial charge in [-0.2, -0.15) is 0 Å². The summed E-state index contributed by atoms with van der Waals surface area (Å²) in [6.45, 7) is 4.36. The number of para-hydroxylation sites is 1. The van der Waals surface area contributed by atoms with Gasteiger partial charge in [0, 0.05) is 42.7 Å². The smallest absolute Gasteiger partial charge is 0.0674 e. The zero-order chi connectivity index (χ0) is 14.5. The highest BCUT2D eigenvalue weighted by atomic mass is 16.3. The third-order valence-corrected chi connectivity index (χ3v) is 3.93. The second-order valence-corrected chi connectivity index (χ2v) is 5.51. The Kier molecular flexibility index (Phi) is 5.17. The van der Waals surface area contributed by atoms with E-state index in [9.17, 15) is 5.11 Å². The number of nitrogens with two attached hydrogens (primary N) is 1. The highest BCUT2D eigenvalue weighted by Crippen LogP contribution is 2.21. The van der Waals surface area contributed by atoms with E-state index < -0.39 is 0 Å². The summed E-state index contributed by atoms with van der Waals surface area (Å²) in [6, 6.07) is 8.41. The van der Waals surface area contributed by atoms with Crippen molar-refractivity contribution in [1.82, 2.24) is 9.88 Å². The number of aryl methyl sites for hydroxylation is 1. The number of hydrogen-bond donors (Lipinski definition) is 3. The van der Waals surface area contributed by atoms with E-state index in [4.69, 9.17) is 5.73 Å². The SMILES string of the molecule is Cc1c(CCN(C)CCC(O)CN)[nH]c2ccccc12. The van der Waals surface area contributed by atoms with Gasteiger partial charge in [0.2, 0.25) is 0 Å². The van der Waals surface area contributed by atoms with Gasteiger partial charge in [-0.25, -0.2) is 0 Å². The predicted molar refractivity (Wildman–Crippen MR) is 83.9 cm³/mol. The molecule has 0 radical (unpaired) electrons. The van der Waals surface area contributed by atoms with Crippen LogP contribution in [0.15, 0.2) is 24.3 Å². The zero-order valence-corrected chi connectivity index (χ0v) is 12.4. The molecule has 2 aromatic rings. The van der Waals surface area contributed by atoms with E-state index in [1.54, 1.807) is 0 Å². The van der Waals surface area contributed by atoms with Gasteiger partial charge in [-0.3, -0.25) is 0 Å². The van der Waals surface area contributed by atoms with Gasteiger partial charge in [0.1, 0.15) is 0 Å². The molecule has 1 atom stereocenters. The van der Waals surface area contributed by atoms with Gasteiger partial charge in [-0.05, 0) is 32.0 Å². The molecule has 0 amide bonds. The molecule has 1 unspecified atom stereocenters. The fourth-order valence-electron chi connectivity index (χ4n) is 2.49. The van der Waals surface area contributed by atoms with E-state index in [2.05, 4.69) is 48.1 Å². The highest BCUT2D eigenvalue weighted by molar-refractivity contribution is 5.84. The molecule has 4 nitrogen and oxygen atoms in total. The molecule has 2 rings (SSSR count). The van der Waals surface area contributed by atoms with Crippen LogP contribution >= 0.6 is 0 Å². The maximum atomic E-state index is 9.47. The first-order chi connectivity index (χ1) is 9.61. The lowest BCUT2D eigenvalue weighted by atomic mass is 10.1. The summed E-state index contributed by atoms with van der Waals surface area (Å²) in [5, 5.41) is 10.8. The molecule has 0 fully saturated rings. The van der Waals surface area contributed by atoms with Gasteiger partial charge in [0.25, 0.3) is 0 Å². The monoisotopic (exact) mass is 275 g/mol. The number of H-pyrrole nitrogens is 1. The third-order valence-electron chi connectivity index (χ3n) is 3.93. The summed E-state index contributed by atoms with van der Waals surface area (Å²) in [5.41, 5.74) is 9.27. The molecule has 0 aliphatic rings. The Balaban J connectivity index is 1.90. The van der Waals surface area contributed by atoms with Crippen molar-refractivity contribution >= 4 is 10.9 Å². The summed E-state index contributed by atoms with van der Waals surface area (Å²) in [7, 11) is 2.08. The standard InChI is InChI=1S/C16H25N3O/c1-12-14-5-3-4-6-16(14)18-15(12)8-10-19(2)9-7-13(20)11-17/h3-6,13,18,20H,7-11,17H2,1-2H3. The van der Waals surface area contributed by atoms with Crippen LogP contribution in [0.1, 0.15) is 17.7 Å². The van der Waals surface area contributed by atoms with Gasteiger partial charge in [-0.1, -0.05) is 18.2 Å². The van der Waals surface area contributed by atoms with E-state index in [0.29, 0.717) is 6.54 Å². The topological polar surface area (TPSA) is 65.3 Å². The molecule has 1 aromatic carbocycles. The third kappa shape index (κ3) is 3.60. The summed E-state index contributed by atoms with van der Waals surface area (Å²) < 4.78 is 0. The number of hydrogen-bond acceptors (Lipinski definition) is 3. The minimum Gasteiger partial charge on any atom is -0.392 e. The van der Waals surface area contributed by atoms with Gasteiger partial charge >= 0.3 is 0 Å². The fraction of sp³-hybridized carbons (Fsp3) is 0.500. The van der Waals surface area contributed by atoms with Crippen molar-refractivity contribution in [3.8, 4) is 0 Å². The minimum atomic E-state index is -0.382. The molecule has 20 heavy (non-hydrogen) atoms. The fourth-order valence-corrected chi connectivity index (χ4v) is 2.49. The average molecular weight is 275 g/mol. The van der Waals surface area contributed by atoms with Crippen LogP contribution in [0.5, 0.6) is 0 Å². The van der Waals surface area contributed by atoms with Crippen LogP contribution in [0.3, 0.4) is 0 Å². The Hall–Kier alpha value is -1.36. The lowest BCUT2D eigenvalue weighted by molar-refractivity contribution is 0.154. The quantitative estimate of drug-likeness (QED) is 0.720. The van der Waals surface area contributed by atoms with Gasteiger partial charge in [0.05, 0.1) is 6.10 Å². The van der Waals surface area contributed by atoms with E-state index in [0.717, 1.165) is 25.9 Å². The number of fused-ring (bicyclic) bond motifs is 1. The Morgan fingerprint density at radius 3 is 2.75 bits per heavy atom. The number of nitrogens with one attached hydrogen (secondary N) is 1. The lowest BCUT2D eigenvalue weighted by Crippen LogP contribution is -2.28. The van der Waals surface area contributed by atoms with Crippen LogP contribution in [0.4, 0.5) is 0 Å². The van der Waals surface area contributed by atoms with E-state index in [1.165, 1.54) is 22.2 Å².